The third-order valence-corrected chi connectivity index (χ3v) is 3.25. The fraction of sp³-hybridized carbons (Fsp3) is 0.154. The number of ether oxygens (including phenoxy) is 1. The van der Waals surface area contributed by atoms with Crippen molar-refractivity contribution >= 4 is 17.4 Å². The monoisotopic (exact) mass is 247 g/mol. The first kappa shape index (κ1) is 11.7. The molecule has 0 saturated carbocycles. The molecule has 0 atom stereocenters. The minimum Gasteiger partial charge on any atom is -0.410 e. The number of carbonyl (C=O) groups excluding carboxylic acids is 1. The average Bonchev–Trinajstić information content (AvgIpc) is 2.74. The topological polar surface area (TPSA) is 38.3 Å². The zero-order chi connectivity index (χ0) is 12.1. The van der Waals surface area contributed by atoms with Crippen LogP contribution in [0.4, 0.5) is 4.79 Å². The third kappa shape index (κ3) is 3.32. The van der Waals surface area contributed by atoms with Crippen LogP contribution in [0.15, 0.2) is 41.1 Å². The van der Waals surface area contributed by atoms with Crippen molar-refractivity contribution in [1.82, 2.24) is 5.32 Å². The van der Waals surface area contributed by atoms with E-state index in [0.29, 0.717) is 12.3 Å². The zero-order valence-corrected chi connectivity index (χ0v) is 10.3. The molecule has 3 nitrogen and oxygen atoms in total. The predicted molar refractivity (Wildman–Crippen MR) is 68.4 cm³/mol. The maximum absolute atomic E-state index is 11.5. The van der Waals surface area contributed by atoms with Crippen molar-refractivity contribution < 1.29 is 9.53 Å². The van der Waals surface area contributed by atoms with Crippen LogP contribution in [0.25, 0.3) is 0 Å². The number of thiophene rings is 1. The second-order valence-corrected chi connectivity index (χ2v) is 4.38. The fourth-order valence-electron chi connectivity index (χ4n) is 1.37. The second kappa shape index (κ2) is 5.50. The van der Waals surface area contributed by atoms with Gasteiger partial charge >= 0.3 is 6.09 Å². The largest absolute Gasteiger partial charge is 0.412 e. The summed E-state index contributed by atoms with van der Waals surface area (Å²) in [5.74, 6) is 0.548. The summed E-state index contributed by atoms with van der Waals surface area (Å²) < 4.78 is 5.11. The van der Waals surface area contributed by atoms with Gasteiger partial charge in [-0.05, 0) is 40.9 Å². The molecule has 0 radical (unpaired) electrons. The van der Waals surface area contributed by atoms with Gasteiger partial charge in [0.05, 0.1) is 0 Å². The zero-order valence-electron chi connectivity index (χ0n) is 9.47. The van der Waals surface area contributed by atoms with Crippen molar-refractivity contribution in [3.63, 3.8) is 0 Å². The predicted octanol–water partition coefficient (Wildman–Crippen LogP) is 3.35. The van der Waals surface area contributed by atoms with Crippen LogP contribution in [0.3, 0.4) is 0 Å². The summed E-state index contributed by atoms with van der Waals surface area (Å²) in [5.41, 5.74) is 2.31. The highest BCUT2D eigenvalue weighted by molar-refractivity contribution is 7.08. The number of hydrogen-bond donors (Lipinski definition) is 1. The standard InChI is InChI=1S/C13H13NO2S/c1-10-8-17-9-11(10)7-14-13(15)16-12-5-3-2-4-6-12/h2-6,8-9H,7H2,1H3,(H,14,15). The van der Waals surface area contributed by atoms with Crippen LogP contribution in [0.5, 0.6) is 5.75 Å². The lowest BCUT2D eigenvalue weighted by Crippen LogP contribution is -2.26. The van der Waals surface area contributed by atoms with E-state index < -0.39 is 6.09 Å². The molecule has 4 heteroatoms. The van der Waals surface area contributed by atoms with Crippen LogP contribution in [-0.2, 0) is 6.54 Å². The smallest absolute Gasteiger partial charge is 0.410 e. The molecule has 88 valence electrons. The lowest BCUT2D eigenvalue weighted by atomic mass is 10.2. The van der Waals surface area contributed by atoms with Gasteiger partial charge in [0, 0.05) is 6.54 Å². The van der Waals surface area contributed by atoms with Gasteiger partial charge in [-0.1, -0.05) is 18.2 Å². The third-order valence-electron chi connectivity index (χ3n) is 2.34. The number of aryl methyl sites for hydroxylation is 1. The van der Waals surface area contributed by atoms with Gasteiger partial charge < -0.3 is 10.1 Å². The molecule has 2 aromatic rings. The molecule has 0 bridgehead atoms. The normalized spacial score (nSPS) is 9.94. The van der Waals surface area contributed by atoms with Crippen LogP contribution >= 0.6 is 11.3 Å². The summed E-state index contributed by atoms with van der Waals surface area (Å²) in [7, 11) is 0. The van der Waals surface area contributed by atoms with E-state index in [2.05, 4.69) is 10.7 Å². The fourth-order valence-corrected chi connectivity index (χ4v) is 2.22. The van der Waals surface area contributed by atoms with Gasteiger partial charge in [0.2, 0.25) is 0 Å². The first-order valence-electron chi connectivity index (χ1n) is 5.28. The van der Waals surface area contributed by atoms with E-state index in [9.17, 15) is 4.79 Å². The van der Waals surface area contributed by atoms with Crippen molar-refractivity contribution in [3.05, 3.63) is 52.2 Å². The van der Waals surface area contributed by atoms with Crippen molar-refractivity contribution in [2.24, 2.45) is 0 Å². The van der Waals surface area contributed by atoms with E-state index in [1.54, 1.807) is 23.5 Å². The molecule has 2 rings (SSSR count). The molecule has 0 aliphatic rings. The number of nitrogens with one attached hydrogen (secondary N) is 1. The molecule has 1 amide bonds. The van der Waals surface area contributed by atoms with Crippen molar-refractivity contribution in [2.45, 2.75) is 13.5 Å². The van der Waals surface area contributed by atoms with Crippen molar-refractivity contribution in [1.29, 1.82) is 0 Å². The van der Waals surface area contributed by atoms with Crippen LogP contribution < -0.4 is 10.1 Å². The Morgan fingerprint density at radius 2 is 2.06 bits per heavy atom. The number of amides is 1. The van der Waals surface area contributed by atoms with Crippen molar-refractivity contribution in [3.8, 4) is 5.75 Å². The van der Waals surface area contributed by atoms with Crippen molar-refractivity contribution in [2.75, 3.05) is 0 Å². The number of rotatable bonds is 3. The van der Waals surface area contributed by atoms with E-state index in [0.717, 1.165) is 5.56 Å². The van der Waals surface area contributed by atoms with Crippen LogP contribution in [0.2, 0.25) is 0 Å². The Kier molecular flexibility index (Phi) is 3.77. The summed E-state index contributed by atoms with van der Waals surface area (Å²) in [5, 5.41) is 6.80. The number of hydrogen-bond acceptors (Lipinski definition) is 3. The van der Waals surface area contributed by atoms with Crippen LogP contribution in [0, 0.1) is 6.92 Å². The Bertz CT molecular complexity index is 493. The van der Waals surface area contributed by atoms with Gasteiger partial charge in [0.25, 0.3) is 0 Å². The molecule has 1 heterocycles. The minimum absolute atomic E-state index is 0.429. The number of para-hydroxylation sites is 1. The average molecular weight is 247 g/mol. The van der Waals surface area contributed by atoms with Crippen LogP contribution in [0.1, 0.15) is 11.1 Å². The Labute approximate surface area is 104 Å². The first-order chi connectivity index (χ1) is 8.25. The highest BCUT2D eigenvalue weighted by atomic mass is 32.1. The van der Waals surface area contributed by atoms with E-state index in [4.69, 9.17) is 4.74 Å². The lowest BCUT2D eigenvalue weighted by molar-refractivity contribution is 0.200. The summed E-state index contributed by atoms with van der Waals surface area (Å²) >= 11 is 1.63. The summed E-state index contributed by atoms with van der Waals surface area (Å²) in [6.07, 6.45) is -0.429. The minimum atomic E-state index is -0.429. The molecule has 0 spiro atoms. The maximum Gasteiger partial charge on any atom is 0.412 e. The first-order valence-corrected chi connectivity index (χ1v) is 6.22. The highest BCUT2D eigenvalue weighted by Gasteiger charge is 2.05. The lowest BCUT2D eigenvalue weighted by Gasteiger charge is -2.06. The Morgan fingerprint density at radius 3 is 2.71 bits per heavy atom. The molecule has 1 aromatic heterocycles. The molecule has 0 fully saturated rings. The van der Waals surface area contributed by atoms with Crippen LogP contribution in [-0.4, -0.2) is 6.09 Å². The summed E-state index contributed by atoms with van der Waals surface area (Å²) in [6.45, 7) is 2.52. The van der Waals surface area contributed by atoms with Gasteiger partial charge in [-0.25, -0.2) is 4.79 Å². The summed E-state index contributed by atoms with van der Waals surface area (Å²) in [4.78, 5) is 11.5. The molecular weight excluding hydrogens is 234 g/mol. The van der Waals surface area contributed by atoms with E-state index >= 15 is 0 Å². The summed E-state index contributed by atoms with van der Waals surface area (Å²) in [6, 6.07) is 9.02. The molecule has 0 aliphatic carbocycles. The molecule has 0 saturated heterocycles. The Balaban J connectivity index is 1.84. The molecule has 0 unspecified atom stereocenters. The Hall–Kier alpha value is -1.81. The number of carbonyl (C=O) groups is 1. The Morgan fingerprint density at radius 1 is 1.29 bits per heavy atom. The van der Waals surface area contributed by atoms with Gasteiger partial charge in [-0.2, -0.15) is 11.3 Å². The highest BCUT2D eigenvalue weighted by Crippen LogP contribution is 2.13. The molecule has 17 heavy (non-hydrogen) atoms. The van der Waals surface area contributed by atoms with Gasteiger partial charge in [-0.3, -0.25) is 0 Å². The SMILES string of the molecule is Cc1cscc1CNC(=O)Oc1ccccc1. The molecule has 1 N–H and O–H groups in total. The number of benzene rings is 1. The molecule has 1 aromatic carbocycles. The van der Waals surface area contributed by atoms with E-state index in [1.807, 2.05) is 30.5 Å². The molecule has 0 aliphatic heterocycles. The van der Waals surface area contributed by atoms with E-state index in [-0.39, 0.29) is 0 Å². The van der Waals surface area contributed by atoms with Gasteiger partial charge in [0.15, 0.2) is 0 Å². The second-order valence-electron chi connectivity index (χ2n) is 3.64. The van der Waals surface area contributed by atoms with Gasteiger partial charge in [-0.15, -0.1) is 0 Å². The molecular formula is C13H13NO2S. The quantitative estimate of drug-likeness (QED) is 0.903. The van der Waals surface area contributed by atoms with E-state index in [1.165, 1.54) is 5.56 Å². The van der Waals surface area contributed by atoms with Gasteiger partial charge in [0.1, 0.15) is 5.75 Å². The maximum atomic E-state index is 11.5.